The minimum absolute atomic E-state index is 0.0511. The van der Waals surface area contributed by atoms with E-state index in [1.54, 1.807) is 45.2 Å². The van der Waals surface area contributed by atoms with E-state index in [1.165, 1.54) is 16.2 Å². The Bertz CT molecular complexity index is 849. The normalized spacial score (nSPS) is 21.7. The SMILES string of the molecule is CCOC(=O)C1N(C(=O)c2ccc(OC)cc2)C(=S)OC1(C)c1cccs1. The largest absolute Gasteiger partial charge is 0.497 e. The number of thiophene rings is 1. The van der Waals surface area contributed by atoms with Crippen molar-refractivity contribution in [3.63, 3.8) is 0 Å². The van der Waals surface area contributed by atoms with Crippen LogP contribution in [-0.2, 0) is 19.9 Å². The molecule has 0 radical (unpaired) electrons. The topological polar surface area (TPSA) is 65.1 Å². The van der Waals surface area contributed by atoms with Gasteiger partial charge >= 0.3 is 5.97 Å². The molecule has 0 aliphatic carbocycles. The van der Waals surface area contributed by atoms with E-state index in [2.05, 4.69) is 0 Å². The van der Waals surface area contributed by atoms with Gasteiger partial charge in [0.2, 0.25) is 0 Å². The number of benzene rings is 1. The Hall–Kier alpha value is -2.45. The van der Waals surface area contributed by atoms with Gasteiger partial charge in [-0.1, -0.05) is 6.07 Å². The molecule has 6 nitrogen and oxygen atoms in total. The highest BCUT2D eigenvalue weighted by molar-refractivity contribution is 7.80. The molecule has 2 unspecified atom stereocenters. The molecule has 2 heterocycles. The van der Waals surface area contributed by atoms with Crippen molar-refractivity contribution in [1.82, 2.24) is 4.90 Å². The first-order valence-electron chi connectivity index (χ1n) is 8.33. The number of rotatable bonds is 5. The summed E-state index contributed by atoms with van der Waals surface area (Å²) in [5, 5.41) is 1.83. The van der Waals surface area contributed by atoms with Crippen molar-refractivity contribution in [2.45, 2.75) is 25.5 Å². The molecule has 0 saturated carbocycles. The molecule has 2 aromatic rings. The highest BCUT2D eigenvalue weighted by atomic mass is 32.1. The number of amides is 1. The molecule has 3 rings (SSSR count). The fourth-order valence-electron chi connectivity index (χ4n) is 3.01. The summed E-state index contributed by atoms with van der Waals surface area (Å²) < 4.78 is 16.2. The number of hydrogen-bond donors (Lipinski definition) is 0. The van der Waals surface area contributed by atoms with Crippen molar-refractivity contribution in [3.8, 4) is 5.75 Å². The molecule has 1 saturated heterocycles. The molecule has 8 heteroatoms. The third kappa shape index (κ3) is 3.42. The molecule has 1 aliphatic rings. The Labute approximate surface area is 166 Å². The molecule has 0 N–H and O–H groups in total. The van der Waals surface area contributed by atoms with E-state index in [1.807, 2.05) is 17.5 Å². The lowest BCUT2D eigenvalue weighted by Crippen LogP contribution is -2.50. The van der Waals surface area contributed by atoms with Crippen LogP contribution in [0.5, 0.6) is 5.75 Å². The summed E-state index contributed by atoms with van der Waals surface area (Å²) in [5.41, 5.74) is -0.744. The van der Waals surface area contributed by atoms with Crippen molar-refractivity contribution in [1.29, 1.82) is 0 Å². The van der Waals surface area contributed by atoms with Gasteiger partial charge in [0.25, 0.3) is 11.1 Å². The van der Waals surface area contributed by atoms with E-state index in [-0.39, 0.29) is 11.8 Å². The van der Waals surface area contributed by atoms with Crippen LogP contribution in [0.2, 0.25) is 0 Å². The third-order valence-corrected chi connectivity index (χ3v) is 5.72. The molecule has 1 aliphatic heterocycles. The summed E-state index contributed by atoms with van der Waals surface area (Å²) >= 11 is 6.75. The van der Waals surface area contributed by atoms with Crippen molar-refractivity contribution < 1.29 is 23.8 Å². The van der Waals surface area contributed by atoms with Crippen LogP contribution in [0.3, 0.4) is 0 Å². The summed E-state index contributed by atoms with van der Waals surface area (Å²) in [4.78, 5) is 27.9. The Morgan fingerprint density at radius 3 is 2.56 bits per heavy atom. The van der Waals surface area contributed by atoms with Crippen LogP contribution in [-0.4, -0.2) is 41.7 Å². The maximum absolute atomic E-state index is 13.1. The molecule has 1 aromatic heterocycles. The third-order valence-electron chi connectivity index (χ3n) is 4.35. The first kappa shape index (κ1) is 19.3. The molecule has 1 amide bonds. The fourth-order valence-corrected chi connectivity index (χ4v) is 4.22. The second-order valence-electron chi connectivity index (χ2n) is 6.01. The summed E-state index contributed by atoms with van der Waals surface area (Å²) in [7, 11) is 1.55. The van der Waals surface area contributed by atoms with E-state index < -0.39 is 23.5 Å². The van der Waals surface area contributed by atoms with Crippen molar-refractivity contribution in [2.75, 3.05) is 13.7 Å². The van der Waals surface area contributed by atoms with Crippen molar-refractivity contribution in [2.24, 2.45) is 0 Å². The lowest BCUT2D eigenvalue weighted by Gasteiger charge is -2.29. The number of carbonyl (C=O) groups excluding carboxylic acids is 2. The zero-order valence-electron chi connectivity index (χ0n) is 15.1. The lowest BCUT2D eigenvalue weighted by molar-refractivity contribution is -0.151. The molecule has 0 spiro atoms. The average Bonchev–Trinajstić information content (AvgIpc) is 3.28. The van der Waals surface area contributed by atoms with E-state index >= 15 is 0 Å². The van der Waals surface area contributed by atoms with Gasteiger partial charge < -0.3 is 14.2 Å². The van der Waals surface area contributed by atoms with Gasteiger partial charge in [0.15, 0.2) is 11.6 Å². The van der Waals surface area contributed by atoms with Crippen LogP contribution in [0.15, 0.2) is 41.8 Å². The number of nitrogens with zero attached hydrogens (tertiary/aromatic N) is 1. The van der Waals surface area contributed by atoms with Crippen LogP contribution in [0.4, 0.5) is 0 Å². The predicted octanol–water partition coefficient (Wildman–Crippen LogP) is 3.36. The molecular weight excluding hydrogens is 386 g/mol. The number of methoxy groups -OCH3 is 1. The number of esters is 1. The lowest BCUT2D eigenvalue weighted by atomic mass is 9.94. The van der Waals surface area contributed by atoms with E-state index in [4.69, 9.17) is 26.4 Å². The van der Waals surface area contributed by atoms with E-state index in [0.717, 1.165) is 4.88 Å². The Kier molecular flexibility index (Phi) is 5.48. The number of ether oxygens (including phenoxy) is 3. The summed E-state index contributed by atoms with van der Waals surface area (Å²) in [6, 6.07) is 9.27. The smallest absolute Gasteiger partial charge is 0.334 e. The molecule has 1 aromatic carbocycles. The molecular formula is C19H19NO5S2. The van der Waals surface area contributed by atoms with Crippen LogP contribution >= 0.6 is 23.6 Å². The quantitative estimate of drug-likeness (QED) is 0.561. The van der Waals surface area contributed by atoms with E-state index in [9.17, 15) is 9.59 Å². The van der Waals surface area contributed by atoms with E-state index in [0.29, 0.717) is 11.3 Å². The highest BCUT2D eigenvalue weighted by Crippen LogP contribution is 2.42. The van der Waals surface area contributed by atoms with Gasteiger partial charge in [0, 0.05) is 5.56 Å². The molecule has 27 heavy (non-hydrogen) atoms. The molecule has 2 atom stereocenters. The Morgan fingerprint density at radius 1 is 1.30 bits per heavy atom. The standard InChI is InChI=1S/C19H19NO5S2/c1-4-24-17(22)15-19(2,14-6-5-11-27-14)25-18(26)20(15)16(21)12-7-9-13(23-3)10-8-12/h5-11,15H,4H2,1-3H3. The van der Waals surface area contributed by atoms with Crippen LogP contribution < -0.4 is 4.74 Å². The predicted molar refractivity (Wildman–Crippen MR) is 105 cm³/mol. The highest BCUT2D eigenvalue weighted by Gasteiger charge is 2.57. The Morgan fingerprint density at radius 2 is 2.00 bits per heavy atom. The maximum Gasteiger partial charge on any atom is 0.334 e. The van der Waals surface area contributed by atoms with Gasteiger partial charge in [-0.15, -0.1) is 11.3 Å². The first-order valence-corrected chi connectivity index (χ1v) is 9.62. The summed E-state index contributed by atoms with van der Waals surface area (Å²) in [5.74, 6) is -0.367. The zero-order valence-corrected chi connectivity index (χ0v) is 16.8. The van der Waals surface area contributed by atoms with Gasteiger partial charge in [0.1, 0.15) is 5.75 Å². The van der Waals surface area contributed by atoms with Crippen molar-refractivity contribution >= 4 is 40.6 Å². The van der Waals surface area contributed by atoms with Gasteiger partial charge in [-0.05, 0) is 61.8 Å². The van der Waals surface area contributed by atoms with Gasteiger partial charge in [-0.25, -0.2) is 9.69 Å². The number of hydrogen-bond acceptors (Lipinski definition) is 7. The fraction of sp³-hybridized carbons (Fsp3) is 0.316. The van der Waals surface area contributed by atoms with Gasteiger partial charge in [-0.2, -0.15) is 0 Å². The molecule has 0 bridgehead atoms. The zero-order chi connectivity index (χ0) is 19.6. The van der Waals surface area contributed by atoms with Gasteiger partial charge in [0.05, 0.1) is 18.6 Å². The molecule has 142 valence electrons. The first-order chi connectivity index (χ1) is 12.9. The minimum atomic E-state index is -1.11. The van der Waals surface area contributed by atoms with Crippen molar-refractivity contribution in [3.05, 3.63) is 52.2 Å². The number of thiocarbonyl (C=S) groups is 1. The molecule has 1 fully saturated rings. The summed E-state index contributed by atoms with van der Waals surface area (Å²) in [6.45, 7) is 3.64. The van der Waals surface area contributed by atoms with Gasteiger partial charge in [-0.3, -0.25) is 4.79 Å². The maximum atomic E-state index is 13.1. The average molecular weight is 405 g/mol. The second kappa shape index (κ2) is 7.66. The Balaban J connectivity index is 2.02. The second-order valence-corrected chi connectivity index (χ2v) is 7.31. The monoisotopic (exact) mass is 405 g/mol. The number of carbonyl (C=O) groups is 2. The van der Waals surface area contributed by atoms with Crippen LogP contribution in [0.1, 0.15) is 29.1 Å². The van der Waals surface area contributed by atoms with Crippen LogP contribution in [0, 0.1) is 0 Å². The van der Waals surface area contributed by atoms with Crippen LogP contribution in [0.25, 0.3) is 0 Å². The summed E-state index contributed by atoms with van der Waals surface area (Å²) in [6.07, 6.45) is 0. The minimum Gasteiger partial charge on any atom is -0.497 e.